The highest BCUT2D eigenvalue weighted by Crippen LogP contribution is 2.39. The van der Waals surface area contributed by atoms with E-state index in [1.165, 1.54) is 6.42 Å². The van der Waals surface area contributed by atoms with Gasteiger partial charge in [0.05, 0.1) is 6.61 Å². The predicted molar refractivity (Wildman–Crippen MR) is 85.5 cm³/mol. The molecular weight excluding hydrogens is 262 g/mol. The van der Waals surface area contributed by atoms with Gasteiger partial charge in [-0.15, -0.1) is 0 Å². The molecule has 1 heterocycles. The fourth-order valence-corrected chi connectivity index (χ4v) is 3.55. The molecule has 21 heavy (non-hydrogen) atoms. The van der Waals surface area contributed by atoms with Crippen LogP contribution in [0.25, 0.3) is 0 Å². The van der Waals surface area contributed by atoms with Crippen molar-refractivity contribution in [1.82, 2.24) is 4.98 Å². The van der Waals surface area contributed by atoms with Crippen LogP contribution in [0.4, 0.5) is 0 Å². The van der Waals surface area contributed by atoms with E-state index in [9.17, 15) is 5.11 Å². The lowest BCUT2D eigenvalue weighted by atomic mass is 9.71. The number of aliphatic hydroxyl groups excluding tert-OH is 1. The third-order valence-corrected chi connectivity index (χ3v) is 4.29. The van der Waals surface area contributed by atoms with Gasteiger partial charge in [-0.05, 0) is 48.1 Å². The minimum atomic E-state index is 0.0329. The van der Waals surface area contributed by atoms with Crippen molar-refractivity contribution < 1.29 is 9.84 Å². The molecule has 1 N–H and O–H groups in total. The van der Waals surface area contributed by atoms with E-state index in [-0.39, 0.29) is 12.7 Å². The highest BCUT2D eigenvalue weighted by atomic mass is 16.5. The molecule has 1 fully saturated rings. The van der Waals surface area contributed by atoms with Crippen LogP contribution >= 0.6 is 0 Å². The van der Waals surface area contributed by atoms with Gasteiger partial charge in [-0.1, -0.05) is 34.6 Å². The van der Waals surface area contributed by atoms with Crippen molar-refractivity contribution >= 4 is 0 Å². The average Bonchev–Trinajstić information content (AvgIpc) is 2.35. The molecule has 1 aliphatic rings. The van der Waals surface area contributed by atoms with Crippen LogP contribution < -0.4 is 4.74 Å². The summed E-state index contributed by atoms with van der Waals surface area (Å²) in [7, 11) is 0. The largest absolute Gasteiger partial charge is 0.474 e. The SMILES string of the molecule is CC1CC(Oc2cc(CO)cc(C(C)C)n2)CC(C)(C)C1. The maximum absolute atomic E-state index is 9.42. The molecule has 3 heteroatoms. The third kappa shape index (κ3) is 4.44. The molecular formula is C18H29NO2. The summed E-state index contributed by atoms with van der Waals surface area (Å²) in [5, 5.41) is 9.42. The molecule has 0 spiro atoms. The lowest BCUT2D eigenvalue weighted by Gasteiger charge is -2.38. The number of aromatic nitrogens is 1. The lowest BCUT2D eigenvalue weighted by Crippen LogP contribution is -2.34. The van der Waals surface area contributed by atoms with Crippen LogP contribution in [0.1, 0.15) is 71.1 Å². The van der Waals surface area contributed by atoms with Gasteiger partial charge >= 0.3 is 0 Å². The van der Waals surface area contributed by atoms with Gasteiger partial charge in [0.1, 0.15) is 6.10 Å². The Bertz CT molecular complexity index is 482. The van der Waals surface area contributed by atoms with Crippen LogP contribution in [-0.2, 0) is 6.61 Å². The van der Waals surface area contributed by atoms with Crippen molar-refractivity contribution in [3.05, 3.63) is 23.4 Å². The fourth-order valence-electron chi connectivity index (χ4n) is 3.55. The molecule has 0 radical (unpaired) electrons. The normalized spacial score (nSPS) is 25.1. The van der Waals surface area contributed by atoms with E-state index in [1.54, 1.807) is 0 Å². The third-order valence-electron chi connectivity index (χ3n) is 4.29. The number of rotatable bonds is 4. The molecule has 1 aliphatic carbocycles. The maximum Gasteiger partial charge on any atom is 0.214 e. The second-order valence-electron chi connectivity index (χ2n) is 7.70. The van der Waals surface area contributed by atoms with Gasteiger partial charge < -0.3 is 9.84 Å². The first-order valence-corrected chi connectivity index (χ1v) is 8.07. The minimum absolute atomic E-state index is 0.0329. The van der Waals surface area contributed by atoms with E-state index in [1.807, 2.05) is 12.1 Å². The van der Waals surface area contributed by atoms with Crippen LogP contribution in [0.2, 0.25) is 0 Å². The number of hydrogen-bond donors (Lipinski definition) is 1. The Kier molecular flexibility index (Phi) is 4.92. The first-order chi connectivity index (χ1) is 9.79. The molecule has 2 rings (SSSR count). The molecule has 2 atom stereocenters. The van der Waals surface area contributed by atoms with Crippen molar-refractivity contribution in [1.29, 1.82) is 0 Å². The second kappa shape index (κ2) is 6.35. The summed E-state index contributed by atoms with van der Waals surface area (Å²) in [6.07, 6.45) is 3.64. The Hall–Kier alpha value is -1.09. The molecule has 0 bridgehead atoms. The lowest BCUT2D eigenvalue weighted by molar-refractivity contribution is 0.0529. The van der Waals surface area contributed by atoms with Crippen molar-refractivity contribution in [2.45, 2.75) is 72.5 Å². The van der Waals surface area contributed by atoms with Gasteiger partial charge in [-0.2, -0.15) is 0 Å². The van der Waals surface area contributed by atoms with Gasteiger partial charge in [-0.25, -0.2) is 4.98 Å². The van der Waals surface area contributed by atoms with E-state index in [2.05, 4.69) is 39.6 Å². The van der Waals surface area contributed by atoms with Crippen molar-refractivity contribution in [2.75, 3.05) is 0 Å². The van der Waals surface area contributed by atoms with Gasteiger partial charge in [0, 0.05) is 11.8 Å². The Morgan fingerprint density at radius 1 is 1.33 bits per heavy atom. The van der Waals surface area contributed by atoms with Gasteiger partial charge in [0.25, 0.3) is 0 Å². The Morgan fingerprint density at radius 2 is 2.05 bits per heavy atom. The zero-order chi connectivity index (χ0) is 15.6. The quantitative estimate of drug-likeness (QED) is 0.899. The zero-order valence-electron chi connectivity index (χ0n) is 14.0. The van der Waals surface area contributed by atoms with E-state index >= 15 is 0 Å². The van der Waals surface area contributed by atoms with E-state index in [4.69, 9.17) is 4.74 Å². The summed E-state index contributed by atoms with van der Waals surface area (Å²) >= 11 is 0. The molecule has 0 aliphatic heterocycles. The van der Waals surface area contributed by atoms with E-state index in [0.29, 0.717) is 23.1 Å². The molecule has 0 aromatic carbocycles. The van der Waals surface area contributed by atoms with Crippen molar-refractivity contribution in [3.63, 3.8) is 0 Å². The highest BCUT2D eigenvalue weighted by Gasteiger charge is 2.33. The zero-order valence-corrected chi connectivity index (χ0v) is 14.0. The van der Waals surface area contributed by atoms with Crippen LogP contribution in [0, 0.1) is 11.3 Å². The first-order valence-electron chi connectivity index (χ1n) is 8.07. The topological polar surface area (TPSA) is 42.4 Å². The number of hydrogen-bond acceptors (Lipinski definition) is 3. The molecule has 0 amide bonds. The summed E-state index contributed by atoms with van der Waals surface area (Å²) in [5.41, 5.74) is 2.20. The van der Waals surface area contributed by atoms with E-state index < -0.39 is 0 Å². The summed E-state index contributed by atoms with van der Waals surface area (Å²) in [6, 6.07) is 3.84. The van der Waals surface area contributed by atoms with Gasteiger partial charge in [-0.3, -0.25) is 0 Å². The number of aliphatic hydroxyl groups is 1. The molecule has 1 saturated carbocycles. The predicted octanol–water partition coefficient (Wildman–Crippen LogP) is 4.29. The van der Waals surface area contributed by atoms with Crippen LogP contribution in [0.15, 0.2) is 12.1 Å². The molecule has 0 saturated heterocycles. The fraction of sp³-hybridized carbons (Fsp3) is 0.722. The molecule has 1 aromatic rings. The Balaban J connectivity index is 2.16. The Morgan fingerprint density at radius 3 is 2.62 bits per heavy atom. The number of pyridine rings is 1. The second-order valence-corrected chi connectivity index (χ2v) is 7.70. The van der Waals surface area contributed by atoms with Crippen LogP contribution in [-0.4, -0.2) is 16.2 Å². The molecule has 1 aromatic heterocycles. The summed E-state index contributed by atoms with van der Waals surface area (Å²) in [6.45, 7) is 11.2. The van der Waals surface area contributed by atoms with Gasteiger partial charge in [0.15, 0.2) is 0 Å². The molecule has 3 nitrogen and oxygen atoms in total. The standard InChI is InChI=1S/C18H29NO2/c1-12(2)16-7-14(11-20)8-17(19-16)21-15-6-13(3)9-18(4,5)10-15/h7-8,12-13,15,20H,6,9-11H2,1-5H3. The first kappa shape index (κ1) is 16.3. The van der Waals surface area contributed by atoms with Gasteiger partial charge in [0.2, 0.25) is 5.88 Å². The van der Waals surface area contributed by atoms with Crippen LogP contribution in [0.3, 0.4) is 0 Å². The minimum Gasteiger partial charge on any atom is -0.474 e. The maximum atomic E-state index is 9.42. The number of nitrogens with zero attached hydrogens (tertiary/aromatic N) is 1. The number of ether oxygens (including phenoxy) is 1. The average molecular weight is 291 g/mol. The highest BCUT2D eigenvalue weighted by molar-refractivity contribution is 5.26. The van der Waals surface area contributed by atoms with Crippen molar-refractivity contribution in [3.8, 4) is 5.88 Å². The van der Waals surface area contributed by atoms with Crippen molar-refractivity contribution in [2.24, 2.45) is 11.3 Å². The van der Waals surface area contributed by atoms with E-state index in [0.717, 1.165) is 24.1 Å². The summed E-state index contributed by atoms with van der Waals surface area (Å²) in [5.74, 6) is 1.69. The molecule has 2 unspecified atom stereocenters. The molecule has 118 valence electrons. The van der Waals surface area contributed by atoms with Crippen LogP contribution in [0.5, 0.6) is 5.88 Å². The Labute approximate surface area is 128 Å². The monoisotopic (exact) mass is 291 g/mol. The summed E-state index contributed by atoms with van der Waals surface area (Å²) < 4.78 is 6.17. The smallest absolute Gasteiger partial charge is 0.214 e. The summed E-state index contributed by atoms with van der Waals surface area (Å²) in [4.78, 5) is 4.61.